The first-order valence-electron chi connectivity index (χ1n) is 14.7. The number of carbonyl (C=O) groups excluding carboxylic acids is 1. The number of fused-ring (bicyclic) bond motifs is 4. The molecule has 1 aromatic carbocycles. The number of carbonyl (C=O) groups is 1. The predicted octanol–water partition coefficient (Wildman–Crippen LogP) is 3.26. The van der Waals surface area contributed by atoms with Crippen LogP contribution < -0.4 is 10.5 Å². The number of aryl methyl sites for hydroxylation is 2. The number of nitrogens with zero attached hydrogens (tertiary/aromatic N) is 6. The Hall–Kier alpha value is -4.02. The van der Waals surface area contributed by atoms with E-state index in [1.54, 1.807) is 24.2 Å². The Morgan fingerprint density at radius 3 is 2.64 bits per heavy atom. The van der Waals surface area contributed by atoms with Crippen molar-refractivity contribution in [1.82, 2.24) is 23.8 Å². The van der Waals surface area contributed by atoms with Crippen molar-refractivity contribution in [2.45, 2.75) is 58.3 Å². The molecule has 218 valence electrons. The summed E-state index contributed by atoms with van der Waals surface area (Å²) in [5.74, 6) is -0.691. The average molecular weight is 571 g/mol. The summed E-state index contributed by atoms with van der Waals surface area (Å²) in [4.78, 5) is 30.8. The van der Waals surface area contributed by atoms with Gasteiger partial charge in [-0.2, -0.15) is 5.10 Å². The maximum absolute atomic E-state index is 15.3. The van der Waals surface area contributed by atoms with Gasteiger partial charge in [0.1, 0.15) is 11.5 Å². The molecule has 0 saturated carbocycles. The summed E-state index contributed by atoms with van der Waals surface area (Å²) in [7, 11) is 3.75. The maximum atomic E-state index is 15.3. The third kappa shape index (κ3) is 4.49. The fraction of sp³-hybridized carbons (Fsp3) is 0.406. The van der Waals surface area contributed by atoms with Crippen LogP contribution in [0.25, 0.3) is 11.1 Å². The smallest absolute Gasteiger partial charge is 0.274 e. The van der Waals surface area contributed by atoms with Crippen LogP contribution in [0.5, 0.6) is 0 Å². The number of likely N-dealkylation sites (N-methyl/N-ethyl adjacent to an activating group) is 1. The Morgan fingerprint density at radius 2 is 1.81 bits per heavy atom. The monoisotopic (exact) mass is 570 g/mol. The summed E-state index contributed by atoms with van der Waals surface area (Å²) in [6.45, 7) is 3.16. The average Bonchev–Trinajstić information content (AvgIpc) is 3.56. The molecule has 3 aromatic heterocycles. The number of aromatic nitrogens is 4. The van der Waals surface area contributed by atoms with Crippen molar-refractivity contribution in [3.63, 3.8) is 0 Å². The molecule has 10 heteroatoms. The molecule has 1 N–H and O–H groups in total. The highest BCUT2D eigenvalue weighted by molar-refractivity contribution is 6.07. The van der Waals surface area contributed by atoms with Crippen LogP contribution >= 0.6 is 0 Å². The van der Waals surface area contributed by atoms with E-state index < -0.39 is 5.82 Å². The zero-order valence-corrected chi connectivity index (χ0v) is 24.1. The van der Waals surface area contributed by atoms with Gasteiger partial charge in [0, 0.05) is 62.7 Å². The van der Waals surface area contributed by atoms with Crippen molar-refractivity contribution in [3.8, 4) is 11.1 Å². The molecule has 42 heavy (non-hydrogen) atoms. The molecule has 0 atom stereocenters. The summed E-state index contributed by atoms with van der Waals surface area (Å²) in [6.07, 6.45) is 6.20. The Kier molecular flexibility index (Phi) is 6.62. The van der Waals surface area contributed by atoms with E-state index in [0.29, 0.717) is 53.1 Å². The quantitative estimate of drug-likeness (QED) is 0.398. The molecule has 0 bridgehead atoms. The van der Waals surface area contributed by atoms with Gasteiger partial charge in [0.15, 0.2) is 0 Å². The number of pyridine rings is 1. The minimum Gasteiger partial charge on any atom is -0.392 e. The van der Waals surface area contributed by atoms with E-state index >= 15 is 4.39 Å². The third-order valence-corrected chi connectivity index (χ3v) is 9.04. The number of halogens is 1. The maximum Gasteiger partial charge on any atom is 0.274 e. The van der Waals surface area contributed by atoms with Crippen LogP contribution in [0.15, 0.2) is 41.3 Å². The first-order valence-corrected chi connectivity index (χ1v) is 14.7. The Morgan fingerprint density at radius 1 is 0.976 bits per heavy atom. The lowest BCUT2D eigenvalue weighted by atomic mass is 9.96. The number of hydrogen-bond acceptors (Lipinski definition) is 5. The lowest BCUT2D eigenvalue weighted by molar-refractivity contribution is 0.0964. The van der Waals surface area contributed by atoms with Crippen LogP contribution in [0.4, 0.5) is 10.1 Å². The van der Waals surface area contributed by atoms with E-state index in [4.69, 9.17) is 5.10 Å². The van der Waals surface area contributed by atoms with Gasteiger partial charge in [0.25, 0.3) is 11.5 Å². The van der Waals surface area contributed by atoms with Crippen LogP contribution in [0.1, 0.15) is 57.1 Å². The van der Waals surface area contributed by atoms with Gasteiger partial charge >= 0.3 is 0 Å². The lowest BCUT2D eigenvalue weighted by Crippen LogP contribution is -2.41. The largest absolute Gasteiger partial charge is 0.392 e. The molecule has 0 saturated heterocycles. The fourth-order valence-corrected chi connectivity index (χ4v) is 6.95. The first kappa shape index (κ1) is 26.9. The minimum atomic E-state index is -0.508. The van der Waals surface area contributed by atoms with E-state index in [1.165, 1.54) is 28.0 Å². The molecule has 2 aliphatic heterocycles. The normalized spacial score (nSPS) is 16.9. The number of hydrogen-bond donors (Lipinski definition) is 1. The van der Waals surface area contributed by atoms with Crippen molar-refractivity contribution in [3.05, 3.63) is 92.2 Å². The van der Waals surface area contributed by atoms with Crippen LogP contribution in [0.3, 0.4) is 0 Å². The Bertz CT molecular complexity index is 1780. The molecule has 4 aromatic rings. The van der Waals surface area contributed by atoms with E-state index in [-0.39, 0.29) is 18.1 Å². The van der Waals surface area contributed by atoms with E-state index in [9.17, 15) is 14.7 Å². The van der Waals surface area contributed by atoms with E-state index in [2.05, 4.69) is 16.5 Å². The summed E-state index contributed by atoms with van der Waals surface area (Å²) in [5, 5.41) is 15.3. The molecule has 0 radical (unpaired) electrons. The summed E-state index contributed by atoms with van der Waals surface area (Å²) in [6, 6.07) is 8.51. The van der Waals surface area contributed by atoms with E-state index in [1.807, 2.05) is 16.8 Å². The van der Waals surface area contributed by atoms with Crippen LogP contribution in [-0.4, -0.2) is 55.0 Å². The SMILES string of the molecule is CN1CCn2nc(Cc3cc(-c4cc(F)cc(N5CCn6c(cc7c6CCCC7)C5=O)c4CO)cn(C)c3=O)cc2C1. The highest BCUT2D eigenvalue weighted by atomic mass is 19.1. The second-order valence-electron chi connectivity index (χ2n) is 11.9. The molecule has 9 nitrogen and oxygen atoms in total. The fourth-order valence-electron chi connectivity index (χ4n) is 6.95. The number of benzene rings is 1. The van der Waals surface area contributed by atoms with Crippen molar-refractivity contribution in [1.29, 1.82) is 0 Å². The van der Waals surface area contributed by atoms with Gasteiger partial charge in [0.05, 0.1) is 30.2 Å². The summed E-state index contributed by atoms with van der Waals surface area (Å²) >= 11 is 0. The van der Waals surface area contributed by atoms with Gasteiger partial charge in [-0.1, -0.05) is 0 Å². The first-order chi connectivity index (χ1) is 20.3. The molecule has 0 spiro atoms. The predicted molar refractivity (Wildman–Crippen MR) is 157 cm³/mol. The van der Waals surface area contributed by atoms with E-state index in [0.717, 1.165) is 56.7 Å². The molecular formula is C32H35FN6O3. The highest BCUT2D eigenvalue weighted by Gasteiger charge is 2.32. The third-order valence-electron chi connectivity index (χ3n) is 9.04. The lowest BCUT2D eigenvalue weighted by Gasteiger charge is -2.31. The second kappa shape index (κ2) is 10.4. The molecule has 3 aliphatic rings. The van der Waals surface area contributed by atoms with Crippen LogP contribution in [0.2, 0.25) is 0 Å². The summed E-state index contributed by atoms with van der Waals surface area (Å²) in [5.41, 5.74) is 7.29. The van der Waals surface area contributed by atoms with Gasteiger partial charge in [0.2, 0.25) is 0 Å². The Labute approximate surface area is 243 Å². The molecule has 5 heterocycles. The topological polar surface area (TPSA) is 88.5 Å². The molecule has 0 fully saturated rings. The minimum absolute atomic E-state index is 0.153. The standard InChI is InChI=1S/C32H35FN6O3/c1-35-7-10-39-25(18-35)16-24(34-39)12-21-11-22(17-36(2)31(21)41)26-14-23(33)15-29(27(26)19-40)38-9-8-37-28-6-4-3-5-20(28)13-30(37)32(38)42/h11,13-17,40H,3-10,12,18-19H2,1-2H3. The number of anilines is 1. The van der Waals surface area contributed by atoms with Gasteiger partial charge in [-0.3, -0.25) is 19.2 Å². The zero-order chi connectivity index (χ0) is 29.1. The van der Waals surface area contributed by atoms with Gasteiger partial charge in [-0.15, -0.1) is 0 Å². The van der Waals surface area contributed by atoms with Crippen LogP contribution in [-0.2, 0) is 52.6 Å². The number of aliphatic hydroxyl groups is 1. The van der Waals surface area contributed by atoms with Gasteiger partial charge in [-0.05, 0) is 79.8 Å². The molecule has 0 unspecified atom stereocenters. The molecule has 7 rings (SSSR count). The van der Waals surface area contributed by atoms with Crippen molar-refractivity contribution < 1.29 is 14.3 Å². The molecule has 1 amide bonds. The Balaban J connectivity index is 1.26. The number of amides is 1. The van der Waals surface area contributed by atoms with Crippen molar-refractivity contribution in [2.24, 2.45) is 7.05 Å². The molecule has 1 aliphatic carbocycles. The molecular weight excluding hydrogens is 535 g/mol. The zero-order valence-electron chi connectivity index (χ0n) is 24.1. The summed E-state index contributed by atoms with van der Waals surface area (Å²) < 4.78 is 20.9. The van der Waals surface area contributed by atoms with Crippen molar-refractivity contribution in [2.75, 3.05) is 25.0 Å². The number of rotatable bonds is 5. The van der Waals surface area contributed by atoms with Crippen molar-refractivity contribution >= 4 is 11.6 Å². The van der Waals surface area contributed by atoms with Crippen LogP contribution in [0, 0.1) is 5.82 Å². The van der Waals surface area contributed by atoms with Gasteiger partial charge in [-0.25, -0.2) is 4.39 Å². The second-order valence-corrected chi connectivity index (χ2v) is 11.9. The number of aliphatic hydroxyl groups excluding tert-OH is 1. The highest BCUT2D eigenvalue weighted by Crippen LogP contribution is 2.36. The van der Waals surface area contributed by atoms with Gasteiger partial charge < -0.3 is 19.1 Å².